The minimum Gasteiger partial charge on any atom is -0.368 e. The first-order chi connectivity index (χ1) is 9.30. The molecule has 1 aromatic rings. The molecule has 0 bridgehead atoms. The van der Waals surface area contributed by atoms with Crippen molar-refractivity contribution in [3.63, 3.8) is 0 Å². The van der Waals surface area contributed by atoms with Crippen LogP contribution in [0.25, 0.3) is 5.57 Å². The third kappa shape index (κ3) is 2.92. The molecular formula is C15H17ClN2O2. The normalized spacial score (nSPS) is 16.9. The zero-order valence-corrected chi connectivity index (χ0v) is 12.3. The second-order valence-electron chi connectivity index (χ2n) is 5.43. The van der Waals surface area contributed by atoms with Gasteiger partial charge in [-0.15, -0.1) is 0 Å². The Morgan fingerprint density at radius 2 is 2.05 bits per heavy atom. The van der Waals surface area contributed by atoms with Crippen LogP contribution in [0.2, 0.25) is 5.02 Å². The van der Waals surface area contributed by atoms with E-state index in [0.29, 0.717) is 11.6 Å². The average Bonchev–Trinajstić information content (AvgIpc) is 2.37. The van der Waals surface area contributed by atoms with Gasteiger partial charge in [0.1, 0.15) is 0 Å². The lowest BCUT2D eigenvalue weighted by Crippen LogP contribution is -2.56. The highest BCUT2D eigenvalue weighted by Crippen LogP contribution is 2.26. The number of rotatable bonds is 3. The van der Waals surface area contributed by atoms with Crippen molar-refractivity contribution in [2.45, 2.75) is 19.4 Å². The highest BCUT2D eigenvalue weighted by molar-refractivity contribution is 6.30. The summed E-state index contributed by atoms with van der Waals surface area (Å²) in [6, 6.07) is 7.32. The van der Waals surface area contributed by atoms with Gasteiger partial charge in [0.15, 0.2) is 5.78 Å². The van der Waals surface area contributed by atoms with Gasteiger partial charge in [-0.2, -0.15) is 0 Å². The number of hydrogen-bond acceptors (Lipinski definition) is 3. The molecular weight excluding hydrogens is 276 g/mol. The molecule has 1 aliphatic rings. The predicted octanol–water partition coefficient (Wildman–Crippen LogP) is 1.87. The predicted molar refractivity (Wildman–Crippen MR) is 79.3 cm³/mol. The van der Waals surface area contributed by atoms with Crippen LogP contribution in [-0.4, -0.2) is 35.2 Å². The number of halogens is 1. The second-order valence-corrected chi connectivity index (χ2v) is 5.86. The highest BCUT2D eigenvalue weighted by Gasteiger charge is 2.36. The van der Waals surface area contributed by atoms with Crippen molar-refractivity contribution in [1.82, 2.24) is 4.90 Å². The van der Waals surface area contributed by atoms with Gasteiger partial charge < -0.3 is 5.73 Å². The maximum absolute atomic E-state index is 11.9. The van der Waals surface area contributed by atoms with Crippen molar-refractivity contribution >= 4 is 28.9 Å². The Hall–Kier alpha value is -1.65. The molecule has 0 fully saturated rings. The van der Waals surface area contributed by atoms with E-state index in [-0.39, 0.29) is 12.3 Å². The Labute approximate surface area is 123 Å². The number of ketones is 1. The maximum Gasteiger partial charge on any atom is 0.237 e. The second kappa shape index (κ2) is 5.38. The van der Waals surface area contributed by atoms with E-state index in [1.165, 1.54) is 0 Å². The van der Waals surface area contributed by atoms with Gasteiger partial charge in [0.05, 0.1) is 12.1 Å². The first-order valence-electron chi connectivity index (χ1n) is 6.35. The number of hydrogen-bond donors (Lipinski definition) is 1. The third-order valence-corrected chi connectivity index (χ3v) is 3.87. The summed E-state index contributed by atoms with van der Waals surface area (Å²) < 4.78 is 0. The molecule has 1 heterocycles. The minimum atomic E-state index is -0.867. The van der Waals surface area contributed by atoms with E-state index in [1.54, 1.807) is 37.0 Å². The molecule has 4 nitrogen and oxygen atoms in total. The van der Waals surface area contributed by atoms with E-state index in [0.717, 1.165) is 11.1 Å². The Balaban J connectivity index is 2.33. The Morgan fingerprint density at radius 1 is 1.35 bits per heavy atom. The molecule has 2 N–H and O–H groups in total. The quantitative estimate of drug-likeness (QED) is 0.925. The lowest BCUT2D eigenvalue weighted by molar-refractivity contribution is -0.129. The molecule has 1 aromatic carbocycles. The van der Waals surface area contributed by atoms with Crippen molar-refractivity contribution < 1.29 is 9.59 Å². The molecule has 0 aliphatic carbocycles. The maximum atomic E-state index is 11.9. The largest absolute Gasteiger partial charge is 0.368 e. The Kier molecular flexibility index (Phi) is 3.97. The highest BCUT2D eigenvalue weighted by atomic mass is 35.5. The van der Waals surface area contributed by atoms with Crippen LogP contribution in [0.4, 0.5) is 0 Å². The lowest BCUT2D eigenvalue weighted by atomic mass is 9.94. The molecule has 20 heavy (non-hydrogen) atoms. The zero-order valence-electron chi connectivity index (χ0n) is 11.5. The molecule has 1 aliphatic heterocycles. The monoisotopic (exact) mass is 292 g/mol. The molecule has 1 amide bonds. The van der Waals surface area contributed by atoms with Crippen LogP contribution in [0.1, 0.15) is 19.4 Å². The number of carbonyl (C=O) groups is 2. The van der Waals surface area contributed by atoms with Crippen molar-refractivity contribution in [3.8, 4) is 0 Å². The molecule has 2 rings (SSSR count). The molecule has 0 saturated carbocycles. The van der Waals surface area contributed by atoms with Crippen LogP contribution in [0.15, 0.2) is 30.3 Å². The van der Waals surface area contributed by atoms with Crippen molar-refractivity contribution in [2.24, 2.45) is 5.73 Å². The van der Waals surface area contributed by atoms with E-state index < -0.39 is 11.4 Å². The van der Waals surface area contributed by atoms with E-state index in [1.807, 2.05) is 12.1 Å². The summed E-state index contributed by atoms with van der Waals surface area (Å²) in [7, 11) is 0. The van der Waals surface area contributed by atoms with Gasteiger partial charge in [-0.25, -0.2) is 0 Å². The van der Waals surface area contributed by atoms with Crippen molar-refractivity contribution in [2.75, 3.05) is 13.1 Å². The topological polar surface area (TPSA) is 63.4 Å². The number of nitrogens with two attached hydrogens (primary N) is 1. The number of amides is 1. The van der Waals surface area contributed by atoms with Gasteiger partial charge in [0.25, 0.3) is 0 Å². The van der Waals surface area contributed by atoms with Gasteiger partial charge in [0, 0.05) is 11.6 Å². The standard InChI is InChI=1S/C15H17ClN2O2/c1-15(2,14(17)20)18-8-11(7-13(19)9-18)10-4-3-5-12(16)6-10/h3-7H,8-9H2,1-2H3,(H2,17,20). The smallest absolute Gasteiger partial charge is 0.237 e. The molecule has 0 radical (unpaired) electrons. The summed E-state index contributed by atoms with van der Waals surface area (Å²) in [5.74, 6) is -0.488. The Morgan fingerprint density at radius 3 is 2.65 bits per heavy atom. The van der Waals surface area contributed by atoms with Gasteiger partial charge >= 0.3 is 0 Å². The number of nitrogens with zero attached hydrogens (tertiary/aromatic N) is 1. The third-order valence-electron chi connectivity index (χ3n) is 3.63. The summed E-state index contributed by atoms with van der Waals surface area (Å²) >= 11 is 5.98. The molecule has 0 saturated heterocycles. The molecule has 0 atom stereocenters. The summed E-state index contributed by atoms with van der Waals surface area (Å²) in [6.45, 7) is 4.13. The van der Waals surface area contributed by atoms with E-state index in [9.17, 15) is 9.59 Å². The van der Waals surface area contributed by atoms with Crippen LogP contribution in [0.3, 0.4) is 0 Å². The zero-order chi connectivity index (χ0) is 14.9. The lowest BCUT2D eigenvalue weighted by Gasteiger charge is -2.37. The number of benzene rings is 1. The summed E-state index contributed by atoms with van der Waals surface area (Å²) in [6.07, 6.45) is 1.61. The molecule has 5 heteroatoms. The van der Waals surface area contributed by atoms with Gasteiger partial charge in [-0.1, -0.05) is 23.7 Å². The summed E-state index contributed by atoms with van der Waals surface area (Å²) in [4.78, 5) is 25.2. The van der Waals surface area contributed by atoms with E-state index in [4.69, 9.17) is 17.3 Å². The van der Waals surface area contributed by atoms with Crippen LogP contribution in [0.5, 0.6) is 0 Å². The molecule has 0 spiro atoms. The first kappa shape index (κ1) is 14.8. The van der Waals surface area contributed by atoms with Crippen molar-refractivity contribution in [3.05, 3.63) is 40.9 Å². The van der Waals surface area contributed by atoms with Crippen molar-refractivity contribution in [1.29, 1.82) is 0 Å². The average molecular weight is 293 g/mol. The summed E-state index contributed by atoms with van der Waals surface area (Å²) in [5, 5.41) is 0.613. The SMILES string of the molecule is CC(C)(C(N)=O)N1CC(=O)C=C(c2cccc(Cl)c2)C1. The number of primary amides is 1. The molecule has 0 aromatic heterocycles. The molecule has 106 valence electrons. The molecule has 0 unspecified atom stereocenters. The fraction of sp³-hybridized carbons (Fsp3) is 0.333. The fourth-order valence-electron chi connectivity index (χ4n) is 2.15. The Bertz CT molecular complexity index is 593. The van der Waals surface area contributed by atoms with Gasteiger partial charge in [0.2, 0.25) is 5.91 Å². The summed E-state index contributed by atoms with van der Waals surface area (Å²) in [5.41, 5.74) is 6.29. The van der Waals surface area contributed by atoms with Crippen LogP contribution in [0, 0.1) is 0 Å². The van der Waals surface area contributed by atoms with Crippen LogP contribution in [-0.2, 0) is 9.59 Å². The minimum absolute atomic E-state index is 0.0412. The van der Waals surface area contributed by atoms with E-state index in [2.05, 4.69) is 0 Å². The van der Waals surface area contributed by atoms with Gasteiger partial charge in [-0.3, -0.25) is 14.5 Å². The fourth-order valence-corrected chi connectivity index (χ4v) is 2.34. The van der Waals surface area contributed by atoms with Crippen LogP contribution >= 0.6 is 11.6 Å². The van der Waals surface area contributed by atoms with E-state index >= 15 is 0 Å². The number of carbonyl (C=O) groups excluding carboxylic acids is 2. The first-order valence-corrected chi connectivity index (χ1v) is 6.73. The van der Waals surface area contributed by atoms with Crippen LogP contribution < -0.4 is 5.73 Å². The van der Waals surface area contributed by atoms with Gasteiger partial charge in [-0.05, 0) is 43.2 Å².